The number of benzene rings is 1. The fourth-order valence-electron chi connectivity index (χ4n) is 1.82. The molecule has 0 bridgehead atoms. The summed E-state index contributed by atoms with van der Waals surface area (Å²) in [6.07, 6.45) is 3.46. The van der Waals surface area contributed by atoms with Gasteiger partial charge in [0.15, 0.2) is 17.5 Å². The average molecular weight is 476 g/mol. The number of rotatable bonds is 4. The van der Waals surface area contributed by atoms with E-state index in [9.17, 15) is 0 Å². The Morgan fingerprint density at radius 1 is 0.808 bits per heavy atom. The van der Waals surface area contributed by atoms with Gasteiger partial charge in [-0.1, -0.05) is 87.8 Å². The van der Waals surface area contributed by atoms with Crippen LogP contribution in [-0.4, -0.2) is 21.1 Å². The first-order valence-corrected chi connectivity index (χ1v) is 9.57. The maximum absolute atomic E-state index is 5.84. The molecular weight excluding hydrogens is 463 g/mol. The van der Waals surface area contributed by atoms with Crippen LogP contribution in [0, 0.1) is 0 Å². The summed E-state index contributed by atoms with van der Waals surface area (Å²) < 4.78 is 1.83. The van der Waals surface area contributed by atoms with E-state index in [0.717, 1.165) is 11.3 Å². The Morgan fingerprint density at radius 2 is 1.31 bits per heavy atom. The zero-order valence-electron chi connectivity index (χ0n) is 13.6. The van der Waals surface area contributed by atoms with Crippen molar-refractivity contribution in [1.82, 2.24) is 15.0 Å². The molecule has 140 valence electrons. The Bertz CT molecular complexity index is 750. The van der Waals surface area contributed by atoms with Gasteiger partial charge in [-0.2, -0.15) is 0 Å². The van der Waals surface area contributed by atoms with Crippen molar-refractivity contribution in [3.63, 3.8) is 0 Å². The summed E-state index contributed by atoms with van der Waals surface area (Å²) in [5.41, 5.74) is 0.882. The highest BCUT2D eigenvalue weighted by molar-refractivity contribution is 6.67. The molecule has 0 amide bonds. The van der Waals surface area contributed by atoms with Crippen molar-refractivity contribution >= 4 is 81.8 Å². The highest BCUT2D eigenvalue weighted by Gasteiger charge is 2.33. The Balaban J connectivity index is 2.31. The van der Waals surface area contributed by atoms with E-state index in [-0.39, 0.29) is 23.6 Å². The Morgan fingerprint density at radius 3 is 1.73 bits per heavy atom. The molecule has 0 saturated carbocycles. The number of halogens is 6. The van der Waals surface area contributed by atoms with Crippen LogP contribution >= 0.6 is 69.6 Å². The topological polar surface area (TPSA) is 47.9 Å². The minimum atomic E-state index is -1.88. The van der Waals surface area contributed by atoms with E-state index >= 15 is 0 Å². The Hall–Kier alpha value is -0.490. The number of hydrogen-bond acceptors (Lipinski definition) is 4. The number of nitrogens with zero attached hydrogens (tertiary/aromatic N) is 3. The molecule has 2 rings (SSSR count). The monoisotopic (exact) mass is 473 g/mol. The van der Waals surface area contributed by atoms with E-state index in [1.807, 2.05) is 38.1 Å². The smallest absolute Gasteiger partial charge is 0.250 e. The first kappa shape index (κ1) is 21.8. The quantitative estimate of drug-likeness (QED) is 0.474. The molecule has 4 nitrogen and oxygen atoms in total. The summed E-state index contributed by atoms with van der Waals surface area (Å²) in [7, 11) is 0. The first-order chi connectivity index (χ1) is 11.9. The molecule has 0 N–H and O–H groups in total. The third-order valence-electron chi connectivity index (χ3n) is 2.84. The third kappa shape index (κ3) is 6.59. The molecule has 0 aliphatic carbocycles. The molecule has 0 unspecified atom stereocenters. The van der Waals surface area contributed by atoms with Crippen LogP contribution in [0.3, 0.4) is 0 Å². The molecule has 0 aliphatic rings. The van der Waals surface area contributed by atoms with E-state index in [4.69, 9.17) is 74.3 Å². The number of aromatic nitrogens is 3. The van der Waals surface area contributed by atoms with Gasteiger partial charge in [-0.3, -0.25) is 0 Å². The zero-order chi connectivity index (χ0) is 19.5. The van der Waals surface area contributed by atoms with Gasteiger partial charge in [0.25, 0.3) is 0 Å². The number of hydrogen-bond donors (Lipinski definition) is 0. The molecular formula is C16H13Cl6N3O. The van der Waals surface area contributed by atoms with Crippen molar-refractivity contribution in [2.75, 3.05) is 0 Å². The van der Waals surface area contributed by atoms with Crippen molar-refractivity contribution in [2.24, 2.45) is 0 Å². The molecule has 26 heavy (non-hydrogen) atoms. The summed E-state index contributed by atoms with van der Waals surface area (Å²) in [6.45, 7) is 3.91. The van der Waals surface area contributed by atoms with Crippen LogP contribution in [-0.2, 0) is 7.59 Å². The number of alkyl halides is 6. The van der Waals surface area contributed by atoms with E-state index < -0.39 is 7.59 Å². The molecule has 2 aromatic rings. The summed E-state index contributed by atoms with van der Waals surface area (Å²) in [5.74, 6) is 0.678. The van der Waals surface area contributed by atoms with Crippen molar-refractivity contribution in [3.05, 3.63) is 47.3 Å². The van der Waals surface area contributed by atoms with Crippen LogP contribution in [0.25, 0.3) is 12.2 Å². The molecule has 1 heterocycles. The summed E-state index contributed by atoms with van der Waals surface area (Å²) >= 11 is 35.0. The van der Waals surface area contributed by atoms with Crippen LogP contribution in [0.5, 0.6) is 5.75 Å². The van der Waals surface area contributed by atoms with Crippen LogP contribution in [0.15, 0.2) is 24.3 Å². The highest BCUT2D eigenvalue weighted by Crippen LogP contribution is 2.39. The summed E-state index contributed by atoms with van der Waals surface area (Å²) in [5, 5.41) is 0. The second-order valence-electron chi connectivity index (χ2n) is 5.41. The lowest BCUT2D eigenvalue weighted by Crippen LogP contribution is -2.16. The summed E-state index contributed by atoms with van der Waals surface area (Å²) in [4.78, 5) is 12.1. The van der Waals surface area contributed by atoms with Gasteiger partial charge in [-0.25, -0.2) is 15.0 Å². The van der Waals surface area contributed by atoms with Gasteiger partial charge < -0.3 is 4.74 Å². The van der Waals surface area contributed by atoms with E-state index in [1.165, 1.54) is 0 Å². The van der Waals surface area contributed by atoms with Crippen LogP contribution in [0.4, 0.5) is 0 Å². The second kappa shape index (κ2) is 8.68. The van der Waals surface area contributed by atoms with Gasteiger partial charge in [0, 0.05) is 0 Å². The van der Waals surface area contributed by atoms with Crippen molar-refractivity contribution < 1.29 is 4.74 Å². The minimum Gasteiger partial charge on any atom is -0.491 e. The molecule has 0 radical (unpaired) electrons. The minimum absolute atomic E-state index is 0.0994. The van der Waals surface area contributed by atoms with Crippen molar-refractivity contribution in [3.8, 4) is 5.75 Å². The Kier molecular flexibility index (Phi) is 7.28. The predicted molar refractivity (Wildman–Crippen MR) is 109 cm³/mol. The zero-order valence-corrected chi connectivity index (χ0v) is 18.1. The molecule has 1 aromatic carbocycles. The van der Waals surface area contributed by atoms with Gasteiger partial charge in [0.2, 0.25) is 7.59 Å². The highest BCUT2D eigenvalue weighted by atomic mass is 35.6. The van der Waals surface area contributed by atoms with E-state index in [1.54, 1.807) is 12.2 Å². The SMILES string of the molecule is CC(C)Oc1ccc(/C=C/c2nc(C(Cl)(Cl)Cl)nc(C(Cl)(Cl)Cl)n2)cc1. The first-order valence-electron chi connectivity index (χ1n) is 7.30. The lowest BCUT2D eigenvalue weighted by Gasteiger charge is -2.14. The fourth-order valence-corrected chi connectivity index (χ4v) is 2.33. The van der Waals surface area contributed by atoms with E-state index in [2.05, 4.69) is 15.0 Å². The van der Waals surface area contributed by atoms with Crippen LogP contribution in [0.2, 0.25) is 0 Å². The van der Waals surface area contributed by atoms with E-state index in [0.29, 0.717) is 0 Å². The lowest BCUT2D eigenvalue weighted by molar-refractivity contribution is 0.242. The average Bonchev–Trinajstić information content (AvgIpc) is 2.52. The predicted octanol–water partition coefficient (Wildman–Crippen LogP) is 6.48. The van der Waals surface area contributed by atoms with Crippen molar-refractivity contribution in [1.29, 1.82) is 0 Å². The second-order valence-corrected chi connectivity index (χ2v) is 9.97. The molecule has 1 aromatic heterocycles. The molecule has 0 fully saturated rings. The molecule has 0 spiro atoms. The van der Waals surface area contributed by atoms with Gasteiger partial charge >= 0.3 is 0 Å². The third-order valence-corrected chi connectivity index (χ3v) is 3.85. The van der Waals surface area contributed by atoms with Gasteiger partial charge in [-0.15, -0.1) is 0 Å². The van der Waals surface area contributed by atoms with Crippen LogP contribution < -0.4 is 4.74 Å². The standard InChI is InChI=1S/C16H13Cl6N3O/c1-9(2)26-11-6-3-10(4-7-11)5-8-12-23-13(15(17,18)19)25-14(24-12)16(20,21)22/h3-9H,1-2H3/b8-5+. The Labute approximate surface area is 181 Å². The number of ether oxygens (including phenoxy) is 1. The van der Waals surface area contributed by atoms with Crippen molar-refractivity contribution in [2.45, 2.75) is 27.5 Å². The molecule has 0 aliphatic heterocycles. The van der Waals surface area contributed by atoms with Gasteiger partial charge in [-0.05, 0) is 37.6 Å². The molecule has 0 atom stereocenters. The summed E-state index contributed by atoms with van der Waals surface area (Å²) in [6, 6.07) is 7.46. The molecule has 10 heteroatoms. The molecule has 0 saturated heterocycles. The van der Waals surface area contributed by atoms with Crippen LogP contribution in [0.1, 0.15) is 36.9 Å². The normalized spacial score (nSPS) is 12.8. The largest absolute Gasteiger partial charge is 0.491 e. The maximum atomic E-state index is 5.84. The lowest BCUT2D eigenvalue weighted by atomic mass is 10.2. The van der Waals surface area contributed by atoms with Gasteiger partial charge in [0.05, 0.1) is 6.10 Å². The fraction of sp³-hybridized carbons (Fsp3) is 0.312. The maximum Gasteiger partial charge on any atom is 0.250 e. The van der Waals surface area contributed by atoms with Gasteiger partial charge in [0.1, 0.15) is 5.75 Å².